The highest BCUT2D eigenvalue weighted by atomic mass is 16.5. The molecule has 0 fully saturated rings. The van der Waals surface area contributed by atoms with E-state index in [1.165, 1.54) is 11.1 Å². The lowest BCUT2D eigenvalue weighted by Gasteiger charge is -2.23. The fraction of sp³-hybridized carbons (Fsp3) is 0.300. The van der Waals surface area contributed by atoms with Crippen LogP contribution in [0, 0.1) is 0 Å². The molecule has 0 radical (unpaired) electrons. The monoisotopic (exact) mass is 350 g/mol. The van der Waals surface area contributed by atoms with Gasteiger partial charge in [-0.25, -0.2) is 0 Å². The van der Waals surface area contributed by atoms with Gasteiger partial charge >= 0.3 is 0 Å². The van der Waals surface area contributed by atoms with Crippen molar-refractivity contribution in [1.82, 2.24) is 10.9 Å². The Morgan fingerprint density at radius 1 is 0.731 bits per heavy atom. The summed E-state index contributed by atoms with van der Waals surface area (Å²) in [6, 6.07) is 12.2. The molecule has 0 unspecified atom stereocenters. The van der Waals surface area contributed by atoms with Crippen LogP contribution in [0.4, 0.5) is 0 Å². The molecule has 2 N–H and O–H groups in total. The van der Waals surface area contributed by atoms with Gasteiger partial charge in [0, 0.05) is 24.2 Å². The molecule has 4 rings (SSSR count). The molecule has 2 heterocycles. The number of nitrogens with one attached hydrogen (secondary N) is 2. The van der Waals surface area contributed by atoms with Gasteiger partial charge in [-0.1, -0.05) is 0 Å². The topological polar surface area (TPSA) is 67.2 Å². The zero-order chi connectivity index (χ0) is 17.9. The second-order valence-electron chi connectivity index (χ2n) is 6.26. The third-order valence-corrected chi connectivity index (χ3v) is 4.74. The summed E-state index contributed by atoms with van der Waals surface area (Å²) in [6.45, 7) is 1.51. The van der Waals surface area contributed by atoms with E-state index in [1.54, 1.807) is 14.2 Å². The Kier molecular flexibility index (Phi) is 4.48. The molecule has 0 bridgehead atoms. The molecule has 0 aromatic heterocycles. The number of fused-ring (bicyclic) bond motifs is 2. The van der Waals surface area contributed by atoms with Crippen LogP contribution in [0.1, 0.15) is 22.3 Å². The van der Waals surface area contributed by atoms with Crippen LogP contribution in [0.5, 0.6) is 11.5 Å². The fourth-order valence-corrected chi connectivity index (χ4v) is 3.35. The molecule has 134 valence electrons. The lowest BCUT2D eigenvalue weighted by atomic mass is 10.0. The maximum atomic E-state index is 5.32. The van der Waals surface area contributed by atoms with E-state index in [0.29, 0.717) is 0 Å². The highest BCUT2D eigenvalue weighted by molar-refractivity contribution is 6.05. The van der Waals surface area contributed by atoms with Crippen molar-refractivity contribution >= 4 is 11.7 Å². The Morgan fingerprint density at radius 2 is 1.19 bits per heavy atom. The van der Waals surface area contributed by atoms with Gasteiger partial charge in [0.2, 0.25) is 0 Å². The van der Waals surface area contributed by atoms with E-state index >= 15 is 0 Å². The fourth-order valence-electron chi connectivity index (χ4n) is 3.35. The first-order valence-corrected chi connectivity index (χ1v) is 8.74. The van der Waals surface area contributed by atoms with Crippen molar-refractivity contribution in [2.24, 2.45) is 9.98 Å². The van der Waals surface area contributed by atoms with Crippen molar-refractivity contribution < 1.29 is 9.47 Å². The van der Waals surface area contributed by atoms with Gasteiger partial charge < -0.3 is 9.47 Å². The van der Waals surface area contributed by atoms with Crippen LogP contribution in [-0.4, -0.2) is 39.0 Å². The molecule has 6 heteroatoms. The lowest BCUT2D eigenvalue weighted by molar-refractivity contribution is 0.414. The van der Waals surface area contributed by atoms with Crippen molar-refractivity contribution in [3.63, 3.8) is 0 Å². The number of amidine groups is 2. The smallest absolute Gasteiger partial charge is 0.147 e. The highest BCUT2D eigenvalue weighted by Gasteiger charge is 2.18. The number of hydrogen-bond acceptors (Lipinski definition) is 6. The molecule has 0 atom stereocenters. The minimum Gasteiger partial charge on any atom is -0.497 e. The first-order chi connectivity index (χ1) is 12.8. The normalized spacial score (nSPS) is 15.2. The van der Waals surface area contributed by atoms with Crippen LogP contribution >= 0.6 is 0 Å². The van der Waals surface area contributed by atoms with Crippen LogP contribution in [0.25, 0.3) is 0 Å². The van der Waals surface area contributed by atoms with Gasteiger partial charge in [-0.3, -0.25) is 20.8 Å². The minimum atomic E-state index is 0.754. The van der Waals surface area contributed by atoms with Crippen molar-refractivity contribution in [3.8, 4) is 11.5 Å². The molecular formula is C20H22N4O2. The summed E-state index contributed by atoms with van der Waals surface area (Å²) in [6.07, 6.45) is 1.84. The van der Waals surface area contributed by atoms with Gasteiger partial charge in [-0.2, -0.15) is 0 Å². The molecule has 2 aromatic carbocycles. The zero-order valence-corrected chi connectivity index (χ0v) is 15.0. The molecule has 2 aliphatic heterocycles. The molecular weight excluding hydrogens is 328 g/mol. The number of aliphatic imine (C=N–C) groups is 2. The summed E-state index contributed by atoms with van der Waals surface area (Å²) >= 11 is 0. The highest BCUT2D eigenvalue weighted by Crippen LogP contribution is 2.22. The van der Waals surface area contributed by atoms with Crippen molar-refractivity contribution in [2.75, 3.05) is 27.3 Å². The zero-order valence-electron chi connectivity index (χ0n) is 15.0. The van der Waals surface area contributed by atoms with Gasteiger partial charge in [-0.15, -0.1) is 0 Å². The summed E-state index contributed by atoms with van der Waals surface area (Å²) in [5.41, 5.74) is 11.2. The molecule has 0 spiro atoms. The van der Waals surface area contributed by atoms with Gasteiger partial charge in [0.25, 0.3) is 0 Å². The first kappa shape index (κ1) is 16.4. The SMILES string of the molecule is COc1ccc2c(c1)CCN=C2NNC1=NCCc2cc(OC)ccc21. The quantitative estimate of drug-likeness (QED) is 0.814. The van der Waals surface area contributed by atoms with Gasteiger partial charge in [0.1, 0.15) is 23.2 Å². The minimum absolute atomic E-state index is 0.754. The van der Waals surface area contributed by atoms with Crippen LogP contribution in [0.15, 0.2) is 46.4 Å². The number of methoxy groups -OCH3 is 2. The first-order valence-electron chi connectivity index (χ1n) is 8.74. The van der Waals surface area contributed by atoms with Crippen molar-refractivity contribution in [1.29, 1.82) is 0 Å². The summed E-state index contributed by atoms with van der Waals surface area (Å²) in [4.78, 5) is 9.24. The average Bonchev–Trinajstić information content (AvgIpc) is 2.71. The standard InChI is InChI=1S/C20H22N4O2/c1-25-15-3-5-17-13(11-15)7-9-21-19(17)23-24-20-18-6-4-16(26-2)12-14(18)8-10-22-20/h3-6,11-12H,7-10H2,1-2H3,(H,21,23)(H,22,24). The summed E-state index contributed by atoms with van der Waals surface area (Å²) in [5, 5.41) is 0. The predicted octanol–water partition coefficient (Wildman–Crippen LogP) is 2.10. The molecule has 0 amide bonds. The summed E-state index contributed by atoms with van der Waals surface area (Å²) in [5.74, 6) is 3.41. The van der Waals surface area contributed by atoms with Crippen LogP contribution < -0.4 is 20.3 Å². The molecule has 2 aromatic rings. The van der Waals surface area contributed by atoms with Crippen LogP contribution in [0.3, 0.4) is 0 Å². The van der Waals surface area contributed by atoms with E-state index in [-0.39, 0.29) is 0 Å². The molecule has 0 aliphatic carbocycles. The lowest BCUT2D eigenvalue weighted by Crippen LogP contribution is -2.44. The predicted molar refractivity (Wildman–Crippen MR) is 102 cm³/mol. The second-order valence-corrected chi connectivity index (χ2v) is 6.26. The van der Waals surface area contributed by atoms with Crippen molar-refractivity contribution in [2.45, 2.75) is 12.8 Å². The molecule has 6 nitrogen and oxygen atoms in total. The van der Waals surface area contributed by atoms with E-state index in [0.717, 1.165) is 60.2 Å². The van der Waals surface area contributed by atoms with E-state index in [2.05, 4.69) is 33.0 Å². The van der Waals surface area contributed by atoms with Crippen molar-refractivity contribution in [3.05, 3.63) is 58.7 Å². The Balaban J connectivity index is 1.52. The third-order valence-electron chi connectivity index (χ3n) is 4.74. The Morgan fingerprint density at radius 3 is 1.62 bits per heavy atom. The number of benzene rings is 2. The molecule has 2 aliphatic rings. The summed E-state index contributed by atoms with van der Waals surface area (Å²) in [7, 11) is 3.38. The number of nitrogens with zero attached hydrogens (tertiary/aromatic N) is 2. The number of hydrogen-bond donors (Lipinski definition) is 2. The van der Waals surface area contributed by atoms with Gasteiger partial charge in [0.15, 0.2) is 0 Å². The maximum Gasteiger partial charge on any atom is 0.147 e. The molecule has 26 heavy (non-hydrogen) atoms. The second kappa shape index (κ2) is 7.07. The number of ether oxygens (including phenoxy) is 2. The Hall–Kier alpha value is -3.02. The van der Waals surface area contributed by atoms with E-state index < -0.39 is 0 Å². The Labute approximate surface area is 152 Å². The average molecular weight is 350 g/mol. The third kappa shape index (κ3) is 3.10. The van der Waals surface area contributed by atoms with E-state index in [9.17, 15) is 0 Å². The Bertz CT molecular complexity index is 816. The number of rotatable bonds is 2. The van der Waals surface area contributed by atoms with Crippen LogP contribution in [0.2, 0.25) is 0 Å². The maximum absolute atomic E-state index is 5.32. The van der Waals surface area contributed by atoms with Gasteiger partial charge in [-0.05, 0) is 60.4 Å². The molecule has 0 saturated heterocycles. The van der Waals surface area contributed by atoms with E-state index in [4.69, 9.17) is 9.47 Å². The largest absolute Gasteiger partial charge is 0.497 e. The van der Waals surface area contributed by atoms with Gasteiger partial charge in [0.05, 0.1) is 14.2 Å². The number of hydrazine groups is 1. The van der Waals surface area contributed by atoms with E-state index in [1.807, 2.05) is 24.3 Å². The summed E-state index contributed by atoms with van der Waals surface area (Å²) < 4.78 is 10.6. The van der Waals surface area contributed by atoms with Crippen LogP contribution in [-0.2, 0) is 12.8 Å². The molecule has 0 saturated carbocycles.